The molecule has 4 aromatic rings. The van der Waals surface area contributed by atoms with Crippen LogP contribution in [0.5, 0.6) is 5.75 Å². The van der Waals surface area contributed by atoms with E-state index in [0.717, 1.165) is 32.8 Å². The molecule has 0 aliphatic rings. The molecule has 0 saturated heterocycles. The molecule has 0 aliphatic carbocycles. The number of aromatic nitrogens is 2. The van der Waals surface area contributed by atoms with Gasteiger partial charge in [-0.25, -0.2) is 9.97 Å². The van der Waals surface area contributed by atoms with Gasteiger partial charge in [-0.05, 0) is 49.2 Å². The minimum atomic E-state index is -0.187. The summed E-state index contributed by atoms with van der Waals surface area (Å²) >= 11 is 1.37. The fraction of sp³-hybridized carbons (Fsp3) is 0.174. The molecule has 152 valence electrons. The van der Waals surface area contributed by atoms with Crippen LogP contribution in [0.15, 0.2) is 54.9 Å². The number of methoxy groups -OCH3 is 1. The Bertz CT molecular complexity index is 1220. The van der Waals surface area contributed by atoms with Crippen molar-refractivity contribution in [3.8, 4) is 5.75 Å². The van der Waals surface area contributed by atoms with Crippen molar-refractivity contribution in [2.45, 2.75) is 13.8 Å². The van der Waals surface area contributed by atoms with E-state index in [2.05, 4.69) is 15.3 Å². The van der Waals surface area contributed by atoms with Gasteiger partial charge in [0.25, 0.3) is 5.91 Å². The Morgan fingerprint density at radius 1 is 1.10 bits per heavy atom. The largest absolute Gasteiger partial charge is 0.495 e. The zero-order valence-corrected chi connectivity index (χ0v) is 18.1. The monoisotopic (exact) mass is 418 g/mol. The normalized spacial score (nSPS) is 10.8. The van der Waals surface area contributed by atoms with Crippen LogP contribution in [0.3, 0.4) is 0 Å². The maximum atomic E-state index is 13.1. The third-order valence-electron chi connectivity index (χ3n) is 4.98. The Hall–Kier alpha value is -3.45. The molecule has 2 heterocycles. The number of rotatable bonds is 5. The van der Waals surface area contributed by atoms with Crippen LogP contribution >= 0.6 is 11.3 Å². The first-order chi connectivity index (χ1) is 14.5. The lowest BCUT2D eigenvalue weighted by Gasteiger charge is -2.19. The quantitative estimate of drug-likeness (QED) is 0.474. The number of thiophene rings is 1. The zero-order valence-electron chi connectivity index (χ0n) is 17.3. The van der Waals surface area contributed by atoms with Crippen molar-refractivity contribution < 1.29 is 9.53 Å². The number of benzene rings is 2. The highest BCUT2D eigenvalue weighted by Gasteiger charge is 2.22. The average molecular weight is 419 g/mol. The number of anilines is 3. The number of fused-ring (bicyclic) bond motifs is 1. The topological polar surface area (TPSA) is 67.3 Å². The Balaban J connectivity index is 1.74. The average Bonchev–Trinajstić information content (AvgIpc) is 3.11. The Morgan fingerprint density at radius 2 is 1.87 bits per heavy atom. The summed E-state index contributed by atoms with van der Waals surface area (Å²) < 4.78 is 5.39. The Morgan fingerprint density at radius 3 is 2.60 bits per heavy atom. The number of hydrogen-bond acceptors (Lipinski definition) is 6. The van der Waals surface area contributed by atoms with Gasteiger partial charge in [-0.15, -0.1) is 11.3 Å². The minimum Gasteiger partial charge on any atom is -0.495 e. The van der Waals surface area contributed by atoms with Crippen LogP contribution in [0.25, 0.3) is 10.2 Å². The Labute approximate surface area is 179 Å². The van der Waals surface area contributed by atoms with Gasteiger partial charge in [0.2, 0.25) is 0 Å². The number of nitrogens with one attached hydrogen (secondary N) is 1. The van der Waals surface area contributed by atoms with E-state index in [1.807, 2.05) is 74.3 Å². The molecular weight excluding hydrogens is 396 g/mol. The summed E-state index contributed by atoms with van der Waals surface area (Å²) in [6, 6.07) is 15.7. The van der Waals surface area contributed by atoms with E-state index in [1.165, 1.54) is 17.7 Å². The van der Waals surface area contributed by atoms with Gasteiger partial charge in [-0.2, -0.15) is 0 Å². The molecule has 0 aliphatic heterocycles. The maximum Gasteiger partial charge on any atom is 0.266 e. The standard InChI is InChI=1S/C23H22N4O2S/c1-14-10-11-18(29-4)17(12-14)26-22(28)20-15(2)19-21(24-13-25-23(19)30-20)27(3)16-8-6-5-7-9-16/h5-13H,1-4H3,(H,26,28). The van der Waals surface area contributed by atoms with E-state index in [1.54, 1.807) is 7.11 Å². The molecule has 7 heteroatoms. The van der Waals surface area contributed by atoms with E-state index in [4.69, 9.17) is 4.74 Å². The van der Waals surface area contributed by atoms with Crippen LogP contribution in [0, 0.1) is 13.8 Å². The zero-order chi connectivity index (χ0) is 21.3. The molecule has 30 heavy (non-hydrogen) atoms. The summed E-state index contributed by atoms with van der Waals surface area (Å²) in [6.45, 7) is 3.91. The van der Waals surface area contributed by atoms with Gasteiger partial charge in [-0.3, -0.25) is 4.79 Å². The summed E-state index contributed by atoms with van der Waals surface area (Å²) in [5, 5.41) is 3.87. The van der Waals surface area contributed by atoms with Crippen molar-refractivity contribution in [3.63, 3.8) is 0 Å². The molecule has 0 radical (unpaired) electrons. The molecule has 6 nitrogen and oxygen atoms in total. The summed E-state index contributed by atoms with van der Waals surface area (Å²) in [5.41, 5.74) is 3.56. The molecule has 2 aromatic carbocycles. The second kappa shape index (κ2) is 8.12. The highest BCUT2D eigenvalue weighted by atomic mass is 32.1. The molecular formula is C23H22N4O2S. The third kappa shape index (κ3) is 3.59. The highest BCUT2D eigenvalue weighted by Crippen LogP contribution is 2.37. The molecule has 0 saturated carbocycles. The predicted molar refractivity (Wildman–Crippen MR) is 122 cm³/mol. The number of hydrogen-bond donors (Lipinski definition) is 1. The molecule has 1 amide bonds. The van der Waals surface area contributed by atoms with Gasteiger partial charge in [0.1, 0.15) is 22.7 Å². The van der Waals surface area contributed by atoms with E-state index in [9.17, 15) is 4.79 Å². The molecule has 4 rings (SSSR count). The number of carbonyl (C=O) groups excluding carboxylic acids is 1. The van der Waals surface area contributed by atoms with Gasteiger partial charge in [0, 0.05) is 12.7 Å². The number of amides is 1. The van der Waals surface area contributed by atoms with Crippen LogP contribution in [0.1, 0.15) is 20.8 Å². The molecule has 2 aromatic heterocycles. The molecule has 1 N–H and O–H groups in total. The smallest absolute Gasteiger partial charge is 0.266 e. The Kier molecular flexibility index (Phi) is 5.37. The van der Waals surface area contributed by atoms with E-state index in [0.29, 0.717) is 16.3 Å². The van der Waals surface area contributed by atoms with Gasteiger partial charge >= 0.3 is 0 Å². The first-order valence-corrected chi connectivity index (χ1v) is 10.3. The second-order valence-electron chi connectivity index (χ2n) is 6.99. The van der Waals surface area contributed by atoms with Crippen LogP contribution in [0.4, 0.5) is 17.2 Å². The van der Waals surface area contributed by atoms with Gasteiger partial charge < -0.3 is 15.0 Å². The van der Waals surface area contributed by atoms with Crippen LogP contribution < -0.4 is 15.0 Å². The first-order valence-electron chi connectivity index (χ1n) is 9.48. The number of carbonyl (C=O) groups is 1. The number of aryl methyl sites for hydroxylation is 2. The lowest BCUT2D eigenvalue weighted by molar-refractivity contribution is 0.102. The molecule has 0 unspecified atom stereocenters. The summed E-state index contributed by atoms with van der Waals surface area (Å²) in [6.07, 6.45) is 1.54. The summed E-state index contributed by atoms with van der Waals surface area (Å²) in [4.78, 5) is 25.4. The predicted octanol–water partition coefficient (Wildman–Crippen LogP) is 5.34. The number of ether oxygens (including phenoxy) is 1. The van der Waals surface area contributed by atoms with Crippen molar-refractivity contribution in [2.24, 2.45) is 0 Å². The lowest BCUT2D eigenvalue weighted by atomic mass is 10.1. The van der Waals surface area contributed by atoms with Gasteiger partial charge in [0.05, 0.1) is 23.1 Å². The summed E-state index contributed by atoms with van der Waals surface area (Å²) in [7, 11) is 3.55. The highest BCUT2D eigenvalue weighted by molar-refractivity contribution is 7.20. The molecule has 0 atom stereocenters. The van der Waals surface area contributed by atoms with E-state index >= 15 is 0 Å². The second-order valence-corrected chi connectivity index (χ2v) is 7.99. The fourth-order valence-corrected chi connectivity index (χ4v) is 4.43. The van der Waals surface area contributed by atoms with Crippen molar-refractivity contribution in [3.05, 3.63) is 70.9 Å². The van der Waals surface area contributed by atoms with Gasteiger partial charge in [-0.1, -0.05) is 24.3 Å². The van der Waals surface area contributed by atoms with Crippen molar-refractivity contribution in [2.75, 3.05) is 24.4 Å². The molecule has 0 spiro atoms. The number of para-hydroxylation sites is 1. The SMILES string of the molecule is COc1ccc(C)cc1NC(=O)c1sc2ncnc(N(C)c3ccccc3)c2c1C. The fourth-order valence-electron chi connectivity index (χ4n) is 3.40. The minimum absolute atomic E-state index is 0.187. The molecule has 0 fully saturated rings. The summed E-state index contributed by atoms with van der Waals surface area (Å²) in [5.74, 6) is 1.21. The lowest BCUT2D eigenvalue weighted by Crippen LogP contribution is -2.13. The van der Waals surface area contributed by atoms with Gasteiger partial charge in [0.15, 0.2) is 0 Å². The maximum absolute atomic E-state index is 13.1. The van der Waals surface area contributed by atoms with Crippen molar-refractivity contribution in [1.82, 2.24) is 9.97 Å². The molecule has 0 bridgehead atoms. The van der Waals surface area contributed by atoms with Crippen LogP contribution in [0.2, 0.25) is 0 Å². The van der Waals surface area contributed by atoms with E-state index < -0.39 is 0 Å². The van der Waals surface area contributed by atoms with Crippen molar-refractivity contribution in [1.29, 1.82) is 0 Å². The van der Waals surface area contributed by atoms with Crippen molar-refractivity contribution >= 4 is 44.7 Å². The van der Waals surface area contributed by atoms with Crippen LogP contribution in [-0.2, 0) is 0 Å². The third-order valence-corrected chi connectivity index (χ3v) is 6.18. The van der Waals surface area contributed by atoms with Crippen LogP contribution in [-0.4, -0.2) is 30.0 Å². The van der Waals surface area contributed by atoms with E-state index in [-0.39, 0.29) is 5.91 Å². The first kappa shape index (κ1) is 19.8. The number of nitrogens with zero attached hydrogens (tertiary/aromatic N) is 3.